The molecule has 0 aromatic carbocycles. The first-order valence-electron chi connectivity index (χ1n) is 0.272. The van der Waals surface area contributed by atoms with Crippen LogP contribution in [0.2, 0.25) is 0 Å². The summed E-state index contributed by atoms with van der Waals surface area (Å²) in [5.74, 6) is 0. The zero-order valence-corrected chi connectivity index (χ0v) is 2.19. The second kappa shape index (κ2) is 9.33. The van der Waals surface area contributed by atoms with Gasteiger partial charge in [0.1, 0.15) is 0 Å². The van der Waals surface area contributed by atoms with Crippen molar-refractivity contribution < 1.29 is 22.3 Å². The second-order valence-corrected chi connectivity index (χ2v) is 0.229. The van der Waals surface area contributed by atoms with E-state index in [9.17, 15) is 0 Å². The van der Waals surface area contributed by atoms with Crippen LogP contribution in [0, 0.1) is 0 Å². The summed E-state index contributed by atoms with van der Waals surface area (Å²) in [5, 5.41) is 0. The van der Waals surface area contributed by atoms with E-state index in [4.69, 9.17) is 7.73 Å². The van der Waals surface area contributed by atoms with Crippen molar-refractivity contribution in [3.05, 3.63) is 0 Å². The fourth-order valence-corrected chi connectivity index (χ4v) is 0. The van der Waals surface area contributed by atoms with Gasteiger partial charge in [0, 0.05) is 0 Å². The van der Waals surface area contributed by atoms with Crippen molar-refractivity contribution in [2.45, 2.75) is 0 Å². The molecule has 0 radical (unpaired) electrons. The SMILES string of the molecule is [LiH].[O]=[Co]=[O]. The topological polar surface area (TPSA) is 34.1 Å². The molecule has 0 aromatic heterocycles. The van der Waals surface area contributed by atoms with E-state index in [0.717, 1.165) is 0 Å². The Morgan fingerprint density at radius 3 is 1.25 bits per heavy atom. The quantitative estimate of drug-likeness (QED) is 0.369. The Morgan fingerprint density at radius 2 is 1.25 bits per heavy atom. The van der Waals surface area contributed by atoms with E-state index in [1.165, 1.54) is 0 Å². The van der Waals surface area contributed by atoms with Crippen LogP contribution in [-0.2, 0) is 22.3 Å². The van der Waals surface area contributed by atoms with E-state index in [0.29, 0.717) is 0 Å². The van der Waals surface area contributed by atoms with Gasteiger partial charge in [0.15, 0.2) is 0 Å². The van der Waals surface area contributed by atoms with Crippen LogP contribution in [0.4, 0.5) is 0 Å². The average Bonchev–Trinajstić information content (AvgIpc) is 0.918. The molecule has 0 fully saturated rings. The number of hydrogen-bond donors (Lipinski definition) is 0. The van der Waals surface area contributed by atoms with Crippen molar-refractivity contribution in [1.29, 1.82) is 0 Å². The first-order valence-corrected chi connectivity index (χ1v) is 1.12. The van der Waals surface area contributed by atoms with Gasteiger partial charge in [-0.05, 0) is 0 Å². The molecule has 0 bridgehead atoms. The van der Waals surface area contributed by atoms with Gasteiger partial charge in [0.25, 0.3) is 0 Å². The molecular weight excluding hydrogens is 97.9 g/mol. The zero-order chi connectivity index (χ0) is 2.71. The van der Waals surface area contributed by atoms with Crippen LogP contribution in [0.25, 0.3) is 0 Å². The Hall–Kier alpha value is 0.704. The molecular formula is HCoLiO2. The molecule has 0 heterocycles. The average molecular weight is 98.9 g/mol. The summed E-state index contributed by atoms with van der Waals surface area (Å²) in [6.07, 6.45) is 0. The maximum absolute atomic E-state index is 8.34. The van der Waals surface area contributed by atoms with Gasteiger partial charge in [0.2, 0.25) is 0 Å². The second-order valence-electron chi connectivity index (χ2n) is 0.0556. The molecule has 4 heteroatoms. The molecule has 0 aliphatic carbocycles. The fraction of sp³-hybridized carbons (Fsp3) is 0. The van der Waals surface area contributed by atoms with Gasteiger partial charge in [-0.2, -0.15) is 0 Å². The summed E-state index contributed by atoms with van der Waals surface area (Å²) in [6, 6.07) is 0. The summed E-state index contributed by atoms with van der Waals surface area (Å²) >= 11 is -1.06. The van der Waals surface area contributed by atoms with Crippen molar-refractivity contribution >= 4 is 18.9 Å². The van der Waals surface area contributed by atoms with Crippen molar-refractivity contribution in [3.8, 4) is 0 Å². The molecule has 4 heavy (non-hydrogen) atoms. The molecule has 23 valence electrons. The summed E-state index contributed by atoms with van der Waals surface area (Å²) in [5.41, 5.74) is 0. The molecule has 0 aliphatic rings. The molecule has 0 N–H and O–H groups in total. The Bertz CT molecular complexity index is 27.0. The van der Waals surface area contributed by atoms with Gasteiger partial charge in [-0.25, -0.2) is 0 Å². The molecule has 0 aliphatic heterocycles. The monoisotopic (exact) mass is 98.9 g/mol. The number of rotatable bonds is 0. The van der Waals surface area contributed by atoms with E-state index in [1.807, 2.05) is 0 Å². The molecule has 0 saturated carbocycles. The Balaban J connectivity index is 0. The predicted molar refractivity (Wildman–Crippen MR) is 8.52 cm³/mol. The van der Waals surface area contributed by atoms with Crippen LogP contribution in [0.15, 0.2) is 0 Å². The molecule has 0 saturated heterocycles. The van der Waals surface area contributed by atoms with Gasteiger partial charge >= 0.3 is 41.1 Å². The van der Waals surface area contributed by atoms with Crippen LogP contribution >= 0.6 is 0 Å². The normalized spacial score (nSPS) is 4.00. The first-order chi connectivity index (χ1) is 1.41. The molecule has 0 amide bonds. The van der Waals surface area contributed by atoms with Gasteiger partial charge in [-0.1, -0.05) is 0 Å². The molecule has 0 spiro atoms. The molecule has 0 unspecified atom stereocenters. The summed E-state index contributed by atoms with van der Waals surface area (Å²) in [6.45, 7) is 0. The van der Waals surface area contributed by atoms with E-state index in [2.05, 4.69) is 0 Å². The van der Waals surface area contributed by atoms with Crippen LogP contribution in [0.1, 0.15) is 0 Å². The van der Waals surface area contributed by atoms with E-state index < -0.39 is 14.6 Å². The minimum atomic E-state index is -1.06. The minimum absolute atomic E-state index is 0. The van der Waals surface area contributed by atoms with Crippen molar-refractivity contribution in [2.24, 2.45) is 0 Å². The molecule has 0 rings (SSSR count). The third-order valence-electron chi connectivity index (χ3n) is 0. The van der Waals surface area contributed by atoms with Crippen molar-refractivity contribution in [2.75, 3.05) is 0 Å². The predicted octanol–water partition coefficient (Wildman–Crippen LogP) is -0.889. The maximum atomic E-state index is 8.34. The van der Waals surface area contributed by atoms with Crippen LogP contribution in [0.5, 0.6) is 0 Å². The van der Waals surface area contributed by atoms with E-state index in [1.54, 1.807) is 0 Å². The van der Waals surface area contributed by atoms with E-state index >= 15 is 0 Å². The van der Waals surface area contributed by atoms with Gasteiger partial charge in [-0.3, -0.25) is 0 Å². The van der Waals surface area contributed by atoms with Gasteiger partial charge in [0.05, 0.1) is 0 Å². The molecule has 2 nitrogen and oxygen atoms in total. The standard InChI is InChI=1S/Co.Li.2O.H. The summed E-state index contributed by atoms with van der Waals surface area (Å²) in [7, 11) is 0. The molecule has 0 aromatic rings. The van der Waals surface area contributed by atoms with Crippen LogP contribution < -0.4 is 0 Å². The first kappa shape index (κ1) is 8.83. The zero-order valence-electron chi connectivity index (χ0n) is 1.15. The van der Waals surface area contributed by atoms with Crippen molar-refractivity contribution in [1.82, 2.24) is 0 Å². The van der Waals surface area contributed by atoms with Gasteiger partial charge in [-0.15, -0.1) is 0 Å². The Morgan fingerprint density at radius 1 is 1.25 bits per heavy atom. The number of hydrogen-bond acceptors (Lipinski definition) is 2. The van der Waals surface area contributed by atoms with Crippen molar-refractivity contribution in [3.63, 3.8) is 0 Å². The Labute approximate surface area is 41.5 Å². The summed E-state index contributed by atoms with van der Waals surface area (Å²) < 4.78 is 16.7. The molecule has 0 atom stereocenters. The Kier molecular flexibility index (Phi) is 20.6. The van der Waals surface area contributed by atoms with E-state index in [-0.39, 0.29) is 18.9 Å². The van der Waals surface area contributed by atoms with Crippen LogP contribution in [0.3, 0.4) is 0 Å². The van der Waals surface area contributed by atoms with Gasteiger partial charge < -0.3 is 0 Å². The third kappa shape index (κ3) is 15.8. The fourth-order valence-electron chi connectivity index (χ4n) is 0. The van der Waals surface area contributed by atoms with Crippen LogP contribution in [-0.4, -0.2) is 18.9 Å². The summed E-state index contributed by atoms with van der Waals surface area (Å²) in [4.78, 5) is 0. The third-order valence-corrected chi connectivity index (χ3v) is 0.